The third kappa shape index (κ3) is 8.29. The van der Waals surface area contributed by atoms with Crippen LogP contribution in [0.25, 0.3) is 0 Å². The molecular weight excluding hydrogens is 580 g/mol. The van der Waals surface area contributed by atoms with Crippen LogP contribution in [0.2, 0.25) is 0 Å². The molecule has 5 N–H and O–H groups in total. The molecule has 1 saturated heterocycles. The van der Waals surface area contributed by atoms with E-state index >= 15 is 0 Å². The normalized spacial score (nSPS) is 15.3. The van der Waals surface area contributed by atoms with E-state index in [1.165, 1.54) is 0 Å². The summed E-state index contributed by atoms with van der Waals surface area (Å²) in [7, 11) is -4.17. The maximum Gasteiger partial charge on any atom is 0.409 e. The summed E-state index contributed by atoms with van der Waals surface area (Å²) in [5.74, 6) is 5.20. The first kappa shape index (κ1) is 34.8. The minimum atomic E-state index is -4.17. The molecule has 2 aromatic rings. The van der Waals surface area contributed by atoms with Crippen LogP contribution in [0.4, 0.5) is 4.79 Å². The lowest BCUT2D eigenvalue weighted by Crippen LogP contribution is -2.56. The van der Waals surface area contributed by atoms with E-state index < -0.39 is 22.2 Å². The molecule has 11 nitrogen and oxygen atoms in total. The van der Waals surface area contributed by atoms with Crippen molar-refractivity contribution in [2.45, 2.75) is 83.6 Å². The van der Waals surface area contributed by atoms with Crippen molar-refractivity contribution >= 4 is 27.9 Å². The average Bonchev–Trinajstić information content (AvgIpc) is 2.99. The van der Waals surface area contributed by atoms with Crippen molar-refractivity contribution < 1.29 is 22.7 Å². The van der Waals surface area contributed by atoms with E-state index in [0.29, 0.717) is 11.1 Å². The van der Waals surface area contributed by atoms with Gasteiger partial charge in [-0.05, 0) is 59.4 Å². The summed E-state index contributed by atoms with van der Waals surface area (Å²) in [4.78, 5) is 29.7. The van der Waals surface area contributed by atoms with Crippen LogP contribution in [0.5, 0.6) is 0 Å². The largest absolute Gasteiger partial charge is 0.450 e. The highest BCUT2D eigenvalue weighted by atomic mass is 32.2. The molecule has 3 rings (SSSR count). The third-order valence-electron chi connectivity index (χ3n) is 7.86. The van der Waals surface area contributed by atoms with E-state index in [9.17, 15) is 18.0 Å². The molecule has 1 aliphatic rings. The zero-order valence-corrected chi connectivity index (χ0v) is 27.8. The van der Waals surface area contributed by atoms with E-state index in [1.54, 1.807) is 41.0 Å². The van der Waals surface area contributed by atoms with Gasteiger partial charge in [-0.2, -0.15) is 9.82 Å². The van der Waals surface area contributed by atoms with Crippen molar-refractivity contribution in [1.29, 1.82) is 0 Å². The number of hydrazone groups is 1. The number of hydrogen-bond acceptors (Lipinski definition) is 7. The van der Waals surface area contributed by atoms with Gasteiger partial charge in [0.05, 0.1) is 11.5 Å². The van der Waals surface area contributed by atoms with Crippen LogP contribution in [0, 0.1) is 0 Å². The van der Waals surface area contributed by atoms with Gasteiger partial charge < -0.3 is 26.1 Å². The molecule has 2 aromatic carbocycles. The van der Waals surface area contributed by atoms with Crippen LogP contribution in [0.15, 0.2) is 46.4 Å². The SMILES string of the molecule is CCOC(=O)N1CCN(C(=O)C(Cc2cccc(/C(N)=N\N)c2)NS(=O)(=O)c2c(C(C)C)cc(C(C)C)cc2C(C)C)CC1. The molecule has 1 aliphatic heterocycles. The van der Waals surface area contributed by atoms with Gasteiger partial charge >= 0.3 is 6.09 Å². The van der Waals surface area contributed by atoms with Gasteiger partial charge in [-0.3, -0.25) is 4.79 Å². The van der Waals surface area contributed by atoms with Crippen molar-refractivity contribution in [2.24, 2.45) is 16.7 Å². The first-order valence-corrected chi connectivity index (χ1v) is 16.7. The van der Waals surface area contributed by atoms with Gasteiger partial charge in [0.2, 0.25) is 15.9 Å². The Morgan fingerprint density at radius 1 is 0.932 bits per heavy atom. The Morgan fingerprint density at radius 3 is 2.00 bits per heavy atom. The molecule has 0 saturated carbocycles. The van der Waals surface area contributed by atoms with Crippen LogP contribution in [-0.2, 0) is 26.0 Å². The number of nitrogens with zero attached hydrogens (tertiary/aromatic N) is 3. The highest BCUT2D eigenvalue weighted by Crippen LogP contribution is 2.35. The van der Waals surface area contributed by atoms with Gasteiger partial charge in [0.15, 0.2) is 0 Å². The molecule has 1 atom stereocenters. The molecular formula is C32H48N6O5S. The highest BCUT2D eigenvalue weighted by molar-refractivity contribution is 7.89. The Labute approximate surface area is 262 Å². The number of piperazine rings is 1. The van der Waals surface area contributed by atoms with Crippen molar-refractivity contribution in [3.05, 3.63) is 64.2 Å². The fraction of sp³-hybridized carbons (Fsp3) is 0.531. The Morgan fingerprint density at radius 2 is 1.50 bits per heavy atom. The summed E-state index contributed by atoms with van der Waals surface area (Å²) in [6.07, 6.45) is -0.361. The van der Waals surface area contributed by atoms with Crippen LogP contribution in [0.3, 0.4) is 0 Å². The number of carbonyl (C=O) groups excluding carboxylic acids is 2. The van der Waals surface area contributed by atoms with Crippen molar-refractivity contribution in [1.82, 2.24) is 14.5 Å². The monoisotopic (exact) mass is 628 g/mol. The minimum absolute atomic E-state index is 0.0694. The number of rotatable bonds is 11. The van der Waals surface area contributed by atoms with Gasteiger partial charge in [0.1, 0.15) is 11.9 Å². The molecule has 242 valence electrons. The molecule has 2 amide bonds. The zero-order valence-electron chi connectivity index (χ0n) is 27.0. The number of sulfonamides is 1. The van der Waals surface area contributed by atoms with Crippen molar-refractivity contribution in [3.63, 3.8) is 0 Å². The summed E-state index contributed by atoms with van der Waals surface area (Å²) in [6, 6.07) is 9.87. The maximum absolute atomic E-state index is 14.4. The number of carbonyl (C=O) groups is 2. The molecule has 0 spiro atoms. The summed E-state index contributed by atoms with van der Waals surface area (Å²) in [6.45, 7) is 15.1. The predicted molar refractivity (Wildman–Crippen MR) is 173 cm³/mol. The molecule has 12 heteroatoms. The molecule has 0 bridgehead atoms. The third-order valence-corrected chi connectivity index (χ3v) is 9.47. The van der Waals surface area contributed by atoms with E-state index in [2.05, 4.69) is 23.7 Å². The highest BCUT2D eigenvalue weighted by Gasteiger charge is 2.35. The van der Waals surface area contributed by atoms with Gasteiger partial charge in [-0.1, -0.05) is 71.9 Å². The number of amides is 2. The number of hydrogen-bond donors (Lipinski definition) is 3. The lowest BCUT2D eigenvalue weighted by Gasteiger charge is -2.36. The van der Waals surface area contributed by atoms with Gasteiger partial charge in [-0.25, -0.2) is 13.2 Å². The molecule has 44 heavy (non-hydrogen) atoms. The number of nitrogens with one attached hydrogen (secondary N) is 1. The number of ether oxygens (including phenoxy) is 1. The fourth-order valence-corrected chi connectivity index (χ4v) is 7.22. The molecule has 0 aliphatic carbocycles. The quantitative estimate of drug-likeness (QED) is 0.148. The lowest BCUT2D eigenvalue weighted by atomic mass is 9.89. The average molecular weight is 629 g/mol. The second-order valence-electron chi connectivity index (χ2n) is 12.1. The second kappa shape index (κ2) is 14.9. The Hall–Kier alpha value is -3.64. The smallest absolute Gasteiger partial charge is 0.409 e. The number of nitrogens with two attached hydrogens (primary N) is 2. The minimum Gasteiger partial charge on any atom is -0.450 e. The fourth-order valence-electron chi connectivity index (χ4n) is 5.34. The summed E-state index contributed by atoms with van der Waals surface area (Å²) < 4.78 is 36.7. The molecule has 1 fully saturated rings. The van der Waals surface area contributed by atoms with Gasteiger partial charge in [0, 0.05) is 31.7 Å². The summed E-state index contributed by atoms with van der Waals surface area (Å²) in [5.41, 5.74) is 9.68. The second-order valence-corrected chi connectivity index (χ2v) is 13.7. The maximum atomic E-state index is 14.4. The zero-order chi connectivity index (χ0) is 32.8. The summed E-state index contributed by atoms with van der Waals surface area (Å²) >= 11 is 0. The molecule has 0 aromatic heterocycles. The van der Waals surface area contributed by atoms with Crippen LogP contribution in [0.1, 0.15) is 94.0 Å². The number of amidine groups is 1. The predicted octanol–water partition coefficient (Wildman–Crippen LogP) is 3.83. The van der Waals surface area contributed by atoms with Crippen LogP contribution < -0.4 is 16.3 Å². The standard InChI is InChI=1S/C32H48N6O5S/c1-8-43-32(40)38-14-12-37(13-15-38)31(39)28(17-23-10-9-11-24(16-23)30(33)35-34)36-44(41,42)29-26(21(4)5)18-25(20(2)3)19-27(29)22(6)7/h9-11,16,18-22,28,36H,8,12-15,17,34H2,1-7H3,(H2,33,35). The van der Waals surface area contributed by atoms with E-state index in [1.807, 2.05) is 39.8 Å². The Balaban J connectivity index is 2.05. The molecule has 0 radical (unpaired) electrons. The van der Waals surface area contributed by atoms with Crippen molar-refractivity contribution in [3.8, 4) is 0 Å². The summed E-state index contributed by atoms with van der Waals surface area (Å²) in [5, 5.41) is 3.56. The Bertz CT molecular complexity index is 1430. The first-order valence-electron chi connectivity index (χ1n) is 15.2. The number of benzene rings is 2. The van der Waals surface area contributed by atoms with E-state index in [4.69, 9.17) is 16.3 Å². The molecule has 1 unspecified atom stereocenters. The Kier molecular flexibility index (Phi) is 11.8. The van der Waals surface area contributed by atoms with Crippen molar-refractivity contribution in [2.75, 3.05) is 32.8 Å². The molecule has 1 heterocycles. The first-order chi connectivity index (χ1) is 20.7. The van der Waals surface area contributed by atoms with Crippen LogP contribution >= 0.6 is 0 Å². The topological polar surface area (TPSA) is 160 Å². The van der Waals surface area contributed by atoms with E-state index in [0.717, 1.165) is 16.7 Å². The van der Waals surface area contributed by atoms with Gasteiger partial charge in [-0.15, -0.1) is 0 Å². The van der Waals surface area contributed by atoms with Gasteiger partial charge in [0.25, 0.3) is 0 Å². The van der Waals surface area contributed by atoms with Crippen LogP contribution in [-0.4, -0.2) is 74.9 Å². The van der Waals surface area contributed by atoms with E-state index in [-0.39, 0.29) is 73.6 Å². The lowest BCUT2D eigenvalue weighted by molar-refractivity contribution is -0.134.